The normalized spacial score (nSPS) is 10.4. The molecule has 0 bridgehead atoms. The number of rotatable bonds is 14. The molecule has 0 atom stereocenters. The summed E-state index contributed by atoms with van der Waals surface area (Å²) in [6.07, 6.45) is 17.2. The molecule has 0 fully saturated rings. The maximum absolute atomic E-state index is 11.2. The Morgan fingerprint density at radius 2 is 1.27 bits per heavy atom. The van der Waals surface area contributed by atoms with E-state index in [0.29, 0.717) is 6.42 Å². The molecular formula is C17H34N2O2S. The molecule has 4 nitrogen and oxygen atoms in total. The number of unbranched alkanes of at least 4 members (excludes halogenated alkanes) is 12. The van der Waals surface area contributed by atoms with Crippen molar-refractivity contribution in [1.29, 1.82) is 0 Å². The second-order valence-electron chi connectivity index (χ2n) is 5.93. The molecule has 0 aromatic carbocycles. The van der Waals surface area contributed by atoms with Gasteiger partial charge in [0.2, 0.25) is 0 Å². The summed E-state index contributed by atoms with van der Waals surface area (Å²) in [5, 5.41) is -0.0151. The lowest BCUT2D eigenvalue weighted by Crippen LogP contribution is -2.31. The average Bonchev–Trinajstić information content (AvgIpc) is 2.49. The van der Waals surface area contributed by atoms with Gasteiger partial charge in [-0.1, -0.05) is 84.0 Å². The molecule has 0 saturated carbocycles. The Morgan fingerprint density at radius 3 is 1.68 bits per heavy atom. The number of hydrogen-bond acceptors (Lipinski definition) is 3. The van der Waals surface area contributed by atoms with Gasteiger partial charge in [-0.3, -0.25) is 0 Å². The van der Waals surface area contributed by atoms with Gasteiger partial charge in [-0.2, -0.15) is 5.48 Å². The van der Waals surface area contributed by atoms with Gasteiger partial charge in [0.25, 0.3) is 0 Å². The summed E-state index contributed by atoms with van der Waals surface area (Å²) >= 11 is 4.54. The van der Waals surface area contributed by atoms with E-state index in [4.69, 9.17) is 5.73 Å². The van der Waals surface area contributed by atoms with Crippen LogP contribution in [0, 0.1) is 0 Å². The molecule has 130 valence electrons. The van der Waals surface area contributed by atoms with Gasteiger partial charge in [0, 0.05) is 6.42 Å². The van der Waals surface area contributed by atoms with Crippen molar-refractivity contribution >= 4 is 23.3 Å². The highest BCUT2D eigenvalue weighted by Gasteiger charge is 2.02. The molecule has 0 spiro atoms. The molecule has 22 heavy (non-hydrogen) atoms. The summed E-state index contributed by atoms with van der Waals surface area (Å²) in [6, 6.07) is 0. The lowest BCUT2D eigenvalue weighted by atomic mass is 10.0. The molecule has 0 rings (SSSR count). The Labute approximate surface area is 141 Å². The summed E-state index contributed by atoms with van der Waals surface area (Å²) in [6.45, 7) is 2.26. The second-order valence-corrected chi connectivity index (χ2v) is 6.37. The van der Waals surface area contributed by atoms with E-state index in [2.05, 4.69) is 29.5 Å². The van der Waals surface area contributed by atoms with Crippen molar-refractivity contribution in [3.63, 3.8) is 0 Å². The first kappa shape index (κ1) is 21.2. The van der Waals surface area contributed by atoms with Crippen LogP contribution in [0.5, 0.6) is 0 Å². The minimum atomic E-state index is -0.295. The number of carbonyl (C=O) groups excluding carboxylic acids is 1. The number of hydroxylamine groups is 1. The first-order chi connectivity index (χ1) is 10.7. The Hall–Kier alpha value is -0.840. The summed E-state index contributed by atoms with van der Waals surface area (Å²) in [5.74, 6) is -0.295. The van der Waals surface area contributed by atoms with Crippen LogP contribution in [0.3, 0.4) is 0 Å². The van der Waals surface area contributed by atoms with Crippen LogP contribution < -0.4 is 11.2 Å². The van der Waals surface area contributed by atoms with Crippen LogP contribution in [0.2, 0.25) is 0 Å². The molecule has 0 aromatic heterocycles. The van der Waals surface area contributed by atoms with Crippen LogP contribution in [0.25, 0.3) is 0 Å². The highest BCUT2D eigenvalue weighted by Crippen LogP contribution is 2.12. The number of hydrogen-bond donors (Lipinski definition) is 2. The topological polar surface area (TPSA) is 64.3 Å². The molecule has 5 heteroatoms. The van der Waals surface area contributed by atoms with Crippen LogP contribution in [0.1, 0.15) is 96.8 Å². The third-order valence-electron chi connectivity index (χ3n) is 3.75. The third kappa shape index (κ3) is 17.2. The fourth-order valence-corrected chi connectivity index (χ4v) is 2.49. The zero-order valence-corrected chi connectivity index (χ0v) is 15.0. The fraction of sp³-hybridized carbons (Fsp3) is 0.882. The smallest absolute Gasteiger partial charge is 0.332 e. The van der Waals surface area contributed by atoms with E-state index in [1.54, 1.807) is 0 Å². The highest BCUT2D eigenvalue weighted by molar-refractivity contribution is 7.80. The Morgan fingerprint density at radius 1 is 0.864 bits per heavy atom. The van der Waals surface area contributed by atoms with Crippen LogP contribution in [0.15, 0.2) is 0 Å². The molecule has 0 aliphatic carbocycles. The molecule has 0 aliphatic heterocycles. The SMILES string of the molecule is CCCCCCCCCCCCCCCC(=O)ONC(N)=S. The maximum Gasteiger partial charge on any atom is 0.332 e. The van der Waals surface area contributed by atoms with Crippen molar-refractivity contribution < 1.29 is 9.63 Å². The van der Waals surface area contributed by atoms with Gasteiger partial charge in [-0.25, -0.2) is 4.79 Å². The fourth-order valence-electron chi connectivity index (χ4n) is 2.45. The minimum absolute atomic E-state index is 0.0151. The number of thiocarbonyl (C=S) groups is 1. The van der Waals surface area contributed by atoms with Crippen LogP contribution >= 0.6 is 12.2 Å². The average molecular weight is 331 g/mol. The van der Waals surface area contributed by atoms with E-state index in [9.17, 15) is 4.79 Å². The van der Waals surface area contributed by atoms with Gasteiger partial charge in [0.15, 0.2) is 5.11 Å². The van der Waals surface area contributed by atoms with Crippen molar-refractivity contribution in [2.24, 2.45) is 5.73 Å². The summed E-state index contributed by atoms with van der Waals surface area (Å²) < 4.78 is 0. The van der Waals surface area contributed by atoms with Gasteiger partial charge in [0.1, 0.15) is 0 Å². The largest absolute Gasteiger partial charge is 0.374 e. The highest BCUT2D eigenvalue weighted by atomic mass is 32.1. The van der Waals surface area contributed by atoms with Crippen molar-refractivity contribution in [2.45, 2.75) is 96.8 Å². The number of nitrogens with one attached hydrogen (secondary N) is 1. The standard InChI is InChI=1S/C17H34N2O2S/c1-2-3-4-5-6-7-8-9-10-11-12-13-14-15-16(20)21-19-17(18)22/h2-15H2,1H3,(H3,18,19,22). The van der Waals surface area contributed by atoms with Crippen molar-refractivity contribution in [3.8, 4) is 0 Å². The Bertz CT molecular complexity index is 286. The van der Waals surface area contributed by atoms with Gasteiger partial charge in [0.05, 0.1) is 0 Å². The second kappa shape index (κ2) is 16.5. The van der Waals surface area contributed by atoms with Crippen molar-refractivity contribution in [3.05, 3.63) is 0 Å². The molecule has 0 amide bonds. The lowest BCUT2D eigenvalue weighted by Gasteiger charge is -2.04. The van der Waals surface area contributed by atoms with Crippen molar-refractivity contribution in [1.82, 2.24) is 5.48 Å². The van der Waals surface area contributed by atoms with Gasteiger partial charge in [-0.05, 0) is 18.6 Å². The zero-order valence-electron chi connectivity index (χ0n) is 14.2. The van der Waals surface area contributed by atoms with Gasteiger partial charge in [-0.15, -0.1) is 0 Å². The van der Waals surface area contributed by atoms with Crippen LogP contribution in [-0.2, 0) is 9.63 Å². The molecule has 3 N–H and O–H groups in total. The van der Waals surface area contributed by atoms with Gasteiger partial charge >= 0.3 is 5.97 Å². The van der Waals surface area contributed by atoms with Gasteiger partial charge < -0.3 is 10.6 Å². The first-order valence-electron chi connectivity index (χ1n) is 8.92. The molecular weight excluding hydrogens is 296 g/mol. The molecule has 0 aliphatic rings. The monoisotopic (exact) mass is 330 g/mol. The van der Waals surface area contributed by atoms with E-state index in [1.165, 1.54) is 70.6 Å². The molecule has 0 saturated heterocycles. The molecule has 0 radical (unpaired) electrons. The Balaban J connectivity index is 3.11. The molecule has 0 unspecified atom stereocenters. The predicted molar refractivity (Wildman–Crippen MR) is 96.3 cm³/mol. The van der Waals surface area contributed by atoms with E-state index < -0.39 is 0 Å². The summed E-state index contributed by atoms with van der Waals surface area (Å²) in [7, 11) is 0. The Kier molecular flexibility index (Phi) is 15.9. The minimum Gasteiger partial charge on any atom is -0.374 e. The van der Waals surface area contributed by atoms with E-state index >= 15 is 0 Å². The molecule has 0 heterocycles. The lowest BCUT2D eigenvalue weighted by molar-refractivity contribution is -0.147. The van der Waals surface area contributed by atoms with E-state index in [0.717, 1.165) is 12.8 Å². The predicted octanol–water partition coefficient (Wildman–Crippen LogP) is 4.76. The number of nitrogens with two attached hydrogens (primary N) is 1. The zero-order chi connectivity index (χ0) is 16.5. The maximum atomic E-state index is 11.2. The molecule has 0 aromatic rings. The quantitative estimate of drug-likeness (QED) is 0.273. The van der Waals surface area contributed by atoms with Crippen molar-refractivity contribution in [2.75, 3.05) is 0 Å². The first-order valence-corrected chi connectivity index (χ1v) is 9.32. The third-order valence-corrected chi connectivity index (χ3v) is 3.83. The van der Waals surface area contributed by atoms with E-state index in [-0.39, 0.29) is 11.1 Å². The number of carbonyl (C=O) groups is 1. The van der Waals surface area contributed by atoms with Crippen LogP contribution in [-0.4, -0.2) is 11.1 Å². The van der Waals surface area contributed by atoms with Crippen LogP contribution in [0.4, 0.5) is 0 Å². The summed E-state index contributed by atoms with van der Waals surface area (Å²) in [5.41, 5.74) is 7.36. The van der Waals surface area contributed by atoms with E-state index in [1.807, 2.05) is 0 Å². The summed E-state index contributed by atoms with van der Waals surface area (Å²) in [4.78, 5) is 15.9.